The number of nitrogens with zero attached hydrogens (tertiary/aromatic N) is 4. The zero-order chi connectivity index (χ0) is 17.7. The van der Waals surface area contributed by atoms with E-state index in [1.165, 1.54) is 37.6 Å². The van der Waals surface area contributed by atoms with Gasteiger partial charge in [-0.2, -0.15) is 4.31 Å². The Morgan fingerprint density at radius 1 is 1.38 bits per heavy atom. The number of carboxylic acids is 1. The number of carboxylic acid groups (broad SMARTS) is 1. The summed E-state index contributed by atoms with van der Waals surface area (Å²) in [5, 5.41) is 16.9. The van der Waals surface area contributed by atoms with Gasteiger partial charge in [-0.05, 0) is 12.1 Å². The number of aromatic carboxylic acids is 1. The van der Waals surface area contributed by atoms with E-state index in [1.807, 2.05) is 0 Å². The molecule has 0 bridgehead atoms. The van der Waals surface area contributed by atoms with Crippen molar-refractivity contribution in [1.82, 2.24) is 19.1 Å². The van der Waals surface area contributed by atoms with E-state index in [9.17, 15) is 18.3 Å². The third-order valence-corrected chi connectivity index (χ3v) is 5.26. The Hall–Kier alpha value is -2.30. The van der Waals surface area contributed by atoms with E-state index in [4.69, 9.17) is 4.74 Å². The Kier molecular flexibility index (Phi) is 5.65. The maximum Gasteiger partial charge on any atom is 0.337 e. The van der Waals surface area contributed by atoms with Crippen LogP contribution in [0.3, 0.4) is 0 Å². The second-order valence-corrected chi connectivity index (χ2v) is 7.01. The fraction of sp³-hybridized carbons (Fsp3) is 0.357. The van der Waals surface area contributed by atoms with Crippen LogP contribution < -0.4 is 0 Å². The summed E-state index contributed by atoms with van der Waals surface area (Å²) in [4.78, 5) is 11.0. The van der Waals surface area contributed by atoms with E-state index in [1.54, 1.807) is 11.7 Å². The summed E-state index contributed by atoms with van der Waals surface area (Å²) in [6.45, 7) is 0.877. The van der Waals surface area contributed by atoms with Crippen molar-refractivity contribution < 1.29 is 23.1 Å². The van der Waals surface area contributed by atoms with Gasteiger partial charge in [-0.3, -0.25) is 0 Å². The molecule has 0 aliphatic heterocycles. The van der Waals surface area contributed by atoms with Crippen LogP contribution in [0.2, 0.25) is 0 Å². The predicted molar refractivity (Wildman–Crippen MR) is 84.0 cm³/mol. The number of ether oxygens (including phenoxy) is 1. The summed E-state index contributed by atoms with van der Waals surface area (Å²) < 4.78 is 33.1. The Morgan fingerprint density at radius 2 is 2.08 bits per heavy atom. The summed E-state index contributed by atoms with van der Waals surface area (Å²) >= 11 is 0. The second-order valence-electron chi connectivity index (χ2n) is 5.00. The van der Waals surface area contributed by atoms with Crippen molar-refractivity contribution in [2.45, 2.75) is 18.0 Å². The average Bonchev–Trinajstić information content (AvgIpc) is 2.99. The number of benzene rings is 1. The first-order chi connectivity index (χ1) is 11.4. The van der Waals surface area contributed by atoms with Gasteiger partial charge < -0.3 is 14.4 Å². The fourth-order valence-electron chi connectivity index (χ4n) is 2.10. The zero-order valence-corrected chi connectivity index (χ0v) is 14.1. The molecule has 2 rings (SSSR count). The van der Waals surface area contributed by atoms with Gasteiger partial charge in [0.1, 0.15) is 12.2 Å². The molecule has 24 heavy (non-hydrogen) atoms. The molecule has 1 aromatic heterocycles. The van der Waals surface area contributed by atoms with E-state index in [0.717, 1.165) is 4.31 Å². The number of rotatable bonds is 8. The molecule has 0 aliphatic carbocycles. The lowest BCUT2D eigenvalue weighted by Gasteiger charge is -2.18. The maximum atomic E-state index is 12.7. The highest BCUT2D eigenvalue weighted by molar-refractivity contribution is 7.89. The molecular weight excluding hydrogens is 336 g/mol. The van der Waals surface area contributed by atoms with E-state index < -0.39 is 16.0 Å². The van der Waals surface area contributed by atoms with Crippen molar-refractivity contribution in [2.24, 2.45) is 0 Å². The number of hydrogen-bond acceptors (Lipinski definition) is 6. The number of carbonyl (C=O) groups is 1. The van der Waals surface area contributed by atoms with Gasteiger partial charge in [0.15, 0.2) is 0 Å². The van der Waals surface area contributed by atoms with Crippen LogP contribution in [0.15, 0.2) is 35.5 Å². The molecule has 0 spiro atoms. The molecule has 1 N–H and O–H groups in total. The van der Waals surface area contributed by atoms with Gasteiger partial charge in [0.2, 0.25) is 10.0 Å². The highest BCUT2D eigenvalue weighted by Crippen LogP contribution is 2.20. The lowest BCUT2D eigenvalue weighted by atomic mass is 10.2. The van der Waals surface area contributed by atoms with Crippen LogP contribution in [-0.4, -0.2) is 59.3 Å². The maximum absolute atomic E-state index is 12.7. The molecular formula is C14H18N4O5S. The van der Waals surface area contributed by atoms with Crippen molar-refractivity contribution in [3.05, 3.63) is 42.0 Å². The topological polar surface area (TPSA) is 115 Å². The SMILES string of the molecule is COCCn1cnnc1CN(C)S(=O)(=O)c1ccccc1C(=O)O. The van der Waals surface area contributed by atoms with Gasteiger partial charge in [0.25, 0.3) is 0 Å². The largest absolute Gasteiger partial charge is 0.478 e. The van der Waals surface area contributed by atoms with Crippen molar-refractivity contribution in [3.63, 3.8) is 0 Å². The van der Waals surface area contributed by atoms with Crippen molar-refractivity contribution >= 4 is 16.0 Å². The van der Waals surface area contributed by atoms with Gasteiger partial charge in [0, 0.05) is 20.7 Å². The first-order valence-corrected chi connectivity index (χ1v) is 8.46. The quantitative estimate of drug-likeness (QED) is 0.731. The molecule has 1 aromatic carbocycles. The number of aromatic nitrogens is 3. The van der Waals surface area contributed by atoms with Crippen LogP contribution in [0, 0.1) is 0 Å². The zero-order valence-electron chi connectivity index (χ0n) is 13.3. The molecule has 0 saturated carbocycles. The Balaban J connectivity index is 2.28. The van der Waals surface area contributed by atoms with Crippen LogP contribution >= 0.6 is 0 Å². The first-order valence-electron chi connectivity index (χ1n) is 7.02. The molecule has 9 nitrogen and oxygen atoms in total. The van der Waals surface area contributed by atoms with Crippen molar-refractivity contribution in [3.8, 4) is 0 Å². The highest BCUT2D eigenvalue weighted by Gasteiger charge is 2.27. The third kappa shape index (κ3) is 3.78. The first kappa shape index (κ1) is 18.0. The Bertz CT molecular complexity index is 818. The fourth-order valence-corrected chi connectivity index (χ4v) is 3.40. The smallest absolute Gasteiger partial charge is 0.337 e. The minimum Gasteiger partial charge on any atom is -0.478 e. The number of hydrogen-bond donors (Lipinski definition) is 1. The van der Waals surface area contributed by atoms with Crippen LogP contribution in [0.1, 0.15) is 16.2 Å². The minimum atomic E-state index is -3.99. The molecule has 0 fully saturated rings. The standard InChI is InChI=1S/C14H18N4O5S/c1-17(9-13-16-15-10-18(13)7-8-23-2)24(21,22)12-6-4-3-5-11(12)14(19)20/h3-6,10H,7-9H2,1-2H3,(H,19,20). The molecule has 0 aliphatic rings. The molecule has 1 heterocycles. The van der Waals surface area contributed by atoms with Crippen LogP contribution in [-0.2, 0) is 27.8 Å². The highest BCUT2D eigenvalue weighted by atomic mass is 32.2. The molecule has 2 aromatic rings. The average molecular weight is 354 g/mol. The van der Waals surface area contributed by atoms with Gasteiger partial charge in [-0.1, -0.05) is 12.1 Å². The van der Waals surface area contributed by atoms with Gasteiger partial charge in [0.05, 0.1) is 23.6 Å². The Labute approximate surface area is 139 Å². The summed E-state index contributed by atoms with van der Waals surface area (Å²) in [5.74, 6) is -0.864. The number of sulfonamides is 1. The number of methoxy groups -OCH3 is 1. The molecule has 0 amide bonds. The van der Waals surface area contributed by atoms with Crippen molar-refractivity contribution in [2.75, 3.05) is 20.8 Å². The normalized spacial score (nSPS) is 11.8. The predicted octanol–water partition coefficient (Wildman–Crippen LogP) is 0.443. The minimum absolute atomic E-state index is 0.0417. The van der Waals surface area contributed by atoms with Crippen molar-refractivity contribution in [1.29, 1.82) is 0 Å². The molecule has 0 atom stereocenters. The van der Waals surface area contributed by atoms with Gasteiger partial charge >= 0.3 is 5.97 Å². The monoisotopic (exact) mass is 354 g/mol. The summed E-state index contributed by atoms with van der Waals surface area (Å²) in [6.07, 6.45) is 1.49. The van der Waals surface area contributed by atoms with Crippen LogP contribution in [0.5, 0.6) is 0 Å². The molecule has 130 valence electrons. The van der Waals surface area contributed by atoms with Gasteiger partial charge in [-0.25, -0.2) is 13.2 Å². The second kappa shape index (κ2) is 7.51. The van der Waals surface area contributed by atoms with Gasteiger partial charge in [-0.15, -0.1) is 10.2 Å². The summed E-state index contributed by atoms with van der Waals surface area (Å²) in [7, 11) is -1.06. The lowest BCUT2D eigenvalue weighted by Crippen LogP contribution is -2.29. The van der Waals surface area contributed by atoms with E-state index >= 15 is 0 Å². The van der Waals surface area contributed by atoms with Crippen LogP contribution in [0.25, 0.3) is 0 Å². The summed E-state index contributed by atoms with van der Waals surface area (Å²) in [6, 6.07) is 5.48. The van der Waals surface area contributed by atoms with E-state index in [-0.39, 0.29) is 17.0 Å². The molecule has 0 saturated heterocycles. The lowest BCUT2D eigenvalue weighted by molar-refractivity contribution is 0.0692. The van der Waals surface area contributed by atoms with Crippen LogP contribution in [0.4, 0.5) is 0 Å². The summed E-state index contributed by atoms with van der Waals surface area (Å²) in [5.41, 5.74) is -0.273. The Morgan fingerprint density at radius 3 is 2.75 bits per heavy atom. The molecule has 0 unspecified atom stereocenters. The van der Waals surface area contributed by atoms with E-state index in [0.29, 0.717) is 19.0 Å². The van der Waals surface area contributed by atoms with E-state index in [2.05, 4.69) is 10.2 Å². The molecule has 10 heteroatoms. The third-order valence-electron chi connectivity index (χ3n) is 3.40. The molecule has 0 radical (unpaired) electrons.